The van der Waals surface area contributed by atoms with Gasteiger partial charge in [-0.1, -0.05) is 18.1 Å². The molecule has 2 aromatic rings. The van der Waals surface area contributed by atoms with Crippen molar-refractivity contribution in [3.05, 3.63) is 71.8 Å². The Balaban J connectivity index is 1.99. The van der Waals surface area contributed by atoms with Gasteiger partial charge in [0.05, 0.1) is 18.9 Å². The Bertz CT molecular complexity index is 759. The third-order valence-corrected chi connectivity index (χ3v) is 3.07. The number of hydrogen-bond acceptors (Lipinski definition) is 3. The quantitative estimate of drug-likeness (QED) is 0.645. The van der Waals surface area contributed by atoms with Gasteiger partial charge in [-0.15, -0.1) is 0 Å². The van der Waals surface area contributed by atoms with Gasteiger partial charge in [-0.05, 0) is 49.2 Å². The molecule has 1 aromatic heterocycles. The van der Waals surface area contributed by atoms with Crippen LogP contribution in [0, 0.1) is 18.8 Å². The molecule has 5 heteroatoms. The second kappa shape index (κ2) is 10.8. The largest absolute Gasteiger partial charge is 0.491 e. The number of halogens is 1. The summed E-state index contributed by atoms with van der Waals surface area (Å²) < 4.78 is 22.4. The zero-order valence-corrected chi connectivity index (χ0v) is 14.2. The second-order valence-electron chi connectivity index (χ2n) is 5.07. The Labute approximate surface area is 147 Å². The summed E-state index contributed by atoms with van der Waals surface area (Å²) in [6.07, 6.45) is 1.73. The van der Waals surface area contributed by atoms with Gasteiger partial charge in [-0.25, -0.2) is 9.37 Å². The fourth-order valence-corrected chi connectivity index (χ4v) is 1.91. The Morgan fingerprint density at radius 2 is 1.84 bits per heavy atom. The van der Waals surface area contributed by atoms with Gasteiger partial charge >= 0.3 is 0 Å². The van der Waals surface area contributed by atoms with E-state index in [1.807, 2.05) is 55.5 Å². The predicted octanol–water partition coefficient (Wildman–Crippen LogP) is 3.61. The number of H-pyrrole nitrogens is 1. The molecule has 0 radical (unpaired) electrons. The van der Waals surface area contributed by atoms with E-state index in [4.69, 9.17) is 9.47 Å². The van der Waals surface area contributed by atoms with Gasteiger partial charge in [0.15, 0.2) is 0 Å². The van der Waals surface area contributed by atoms with Crippen molar-refractivity contribution in [3.8, 4) is 17.6 Å². The van der Waals surface area contributed by atoms with Crippen molar-refractivity contribution in [3.63, 3.8) is 0 Å². The summed E-state index contributed by atoms with van der Waals surface area (Å²) in [5.74, 6) is 7.70. The van der Waals surface area contributed by atoms with E-state index in [9.17, 15) is 4.39 Å². The summed E-state index contributed by atoms with van der Waals surface area (Å²) in [6, 6.07) is 15.0. The minimum Gasteiger partial charge on any atom is -0.491 e. The molecule has 2 rings (SSSR count). The normalized spacial score (nSPS) is 9.68. The van der Waals surface area contributed by atoms with Crippen LogP contribution in [-0.2, 0) is 4.74 Å². The summed E-state index contributed by atoms with van der Waals surface area (Å²) in [7, 11) is 0. The SMILES string of the molecule is Cc1ncccccc(C#Cc2ccc(OCCOCCF)cc2)[nH]1. The van der Waals surface area contributed by atoms with Gasteiger partial charge in [0.2, 0.25) is 0 Å². The maximum atomic E-state index is 11.9. The van der Waals surface area contributed by atoms with Crippen LogP contribution < -0.4 is 4.74 Å². The summed E-state index contributed by atoms with van der Waals surface area (Å²) in [5, 5.41) is 0. The molecule has 1 N–H and O–H groups in total. The topological polar surface area (TPSA) is 47.1 Å². The minimum atomic E-state index is -0.476. The zero-order valence-electron chi connectivity index (χ0n) is 14.2. The Morgan fingerprint density at radius 3 is 2.64 bits per heavy atom. The van der Waals surface area contributed by atoms with Crippen LogP contribution in [0.15, 0.2) is 54.7 Å². The van der Waals surface area contributed by atoms with E-state index in [2.05, 4.69) is 21.8 Å². The van der Waals surface area contributed by atoms with Gasteiger partial charge in [-0.3, -0.25) is 0 Å². The highest BCUT2D eigenvalue weighted by Crippen LogP contribution is 2.11. The van der Waals surface area contributed by atoms with Crippen LogP contribution in [0.3, 0.4) is 0 Å². The zero-order chi connectivity index (χ0) is 17.7. The highest BCUT2D eigenvalue weighted by atomic mass is 19.1. The fourth-order valence-electron chi connectivity index (χ4n) is 1.91. The van der Waals surface area contributed by atoms with E-state index in [0.717, 1.165) is 22.8 Å². The highest BCUT2D eigenvalue weighted by molar-refractivity contribution is 5.42. The van der Waals surface area contributed by atoms with E-state index >= 15 is 0 Å². The summed E-state index contributed by atoms with van der Waals surface area (Å²) in [6.45, 7) is 2.28. The molecule has 0 aliphatic heterocycles. The van der Waals surface area contributed by atoms with Gasteiger partial charge in [0, 0.05) is 11.8 Å². The maximum absolute atomic E-state index is 11.9. The highest BCUT2D eigenvalue weighted by Gasteiger charge is 1.94. The van der Waals surface area contributed by atoms with Crippen molar-refractivity contribution in [1.82, 2.24) is 9.97 Å². The van der Waals surface area contributed by atoms with Crippen molar-refractivity contribution in [2.45, 2.75) is 6.92 Å². The molecular weight excluding hydrogens is 319 g/mol. The smallest absolute Gasteiger partial charge is 0.119 e. The third-order valence-electron chi connectivity index (χ3n) is 3.07. The molecule has 0 saturated heterocycles. The maximum Gasteiger partial charge on any atom is 0.119 e. The second-order valence-corrected chi connectivity index (χ2v) is 5.07. The Hall–Kier alpha value is -2.84. The lowest BCUT2D eigenvalue weighted by Gasteiger charge is -2.06. The lowest BCUT2D eigenvalue weighted by molar-refractivity contribution is 0.0897. The van der Waals surface area contributed by atoms with Crippen molar-refractivity contribution >= 4 is 0 Å². The fraction of sp³-hybridized carbons (Fsp3) is 0.250. The molecule has 0 aliphatic carbocycles. The Morgan fingerprint density at radius 1 is 1.00 bits per heavy atom. The number of hydrogen-bond donors (Lipinski definition) is 1. The van der Waals surface area contributed by atoms with E-state index in [1.54, 1.807) is 6.20 Å². The molecule has 0 atom stereocenters. The molecule has 130 valence electrons. The molecule has 0 unspecified atom stereocenters. The van der Waals surface area contributed by atoms with Crippen molar-refractivity contribution in [1.29, 1.82) is 0 Å². The van der Waals surface area contributed by atoms with Crippen LogP contribution in [0.5, 0.6) is 5.75 Å². The number of rotatable bonds is 6. The average molecular weight is 340 g/mol. The summed E-state index contributed by atoms with van der Waals surface area (Å²) >= 11 is 0. The summed E-state index contributed by atoms with van der Waals surface area (Å²) in [5.41, 5.74) is 1.65. The van der Waals surface area contributed by atoms with Crippen LogP contribution in [-0.4, -0.2) is 36.5 Å². The molecule has 0 fully saturated rings. The third kappa shape index (κ3) is 7.51. The van der Waals surface area contributed by atoms with E-state index in [-0.39, 0.29) is 6.61 Å². The van der Waals surface area contributed by atoms with Crippen LogP contribution >= 0.6 is 0 Å². The van der Waals surface area contributed by atoms with Gasteiger partial charge in [0.1, 0.15) is 24.9 Å². The average Bonchev–Trinajstić information content (AvgIpc) is 2.72. The molecule has 0 aliphatic rings. The number of nitrogens with one attached hydrogen (secondary N) is 1. The van der Waals surface area contributed by atoms with Crippen molar-refractivity contribution in [2.75, 3.05) is 26.5 Å². The minimum absolute atomic E-state index is 0.108. The van der Waals surface area contributed by atoms with E-state index in [0.29, 0.717) is 13.2 Å². The molecule has 4 nitrogen and oxygen atoms in total. The lowest BCUT2D eigenvalue weighted by Crippen LogP contribution is -2.08. The number of ether oxygens (including phenoxy) is 2. The first-order valence-corrected chi connectivity index (χ1v) is 8.01. The molecule has 0 bridgehead atoms. The summed E-state index contributed by atoms with van der Waals surface area (Å²) in [4.78, 5) is 7.38. The number of benzene rings is 1. The number of nitrogens with zero attached hydrogens (tertiary/aromatic N) is 1. The van der Waals surface area contributed by atoms with Crippen LogP contribution in [0.25, 0.3) is 0 Å². The first-order chi connectivity index (χ1) is 12.3. The lowest BCUT2D eigenvalue weighted by atomic mass is 10.2. The number of alkyl halides is 1. The van der Waals surface area contributed by atoms with Crippen LogP contribution in [0.1, 0.15) is 17.1 Å². The van der Waals surface area contributed by atoms with Crippen LogP contribution in [0.2, 0.25) is 0 Å². The molecule has 0 spiro atoms. The van der Waals surface area contributed by atoms with Crippen molar-refractivity contribution < 1.29 is 13.9 Å². The van der Waals surface area contributed by atoms with Gasteiger partial charge in [0.25, 0.3) is 0 Å². The first kappa shape index (κ1) is 18.5. The molecular formula is C20H21FN2O2. The first-order valence-electron chi connectivity index (χ1n) is 8.01. The number of aromatic amines is 1. The Kier molecular flexibility index (Phi) is 8.02. The monoisotopic (exact) mass is 340 g/mol. The van der Waals surface area contributed by atoms with Gasteiger partial charge < -0.3 is 14.5 Å². The molecule has 1 heterocycles. The molecule has 0 amide bonds. The van der Waals surface area contributed by atoms with Crippen molar-refractivity contribution in [2.24, 2.45) is 0 Å². The molecule has 0 saturated carbocycles. The molecule has 25 heavy (non-hydrogen) atoms. The van der Waals surface area contributed by atoms with Crippen LogP contribution in [0.4, 0.5) is 4.39 Å². The number of aryl methyl sites for hydroxylation is 1. The van der Waals surface area contributed by atoms with E-state index in [1.165, 1.54) is 0 Å². The standard InChI is InChI=1S/C20H21FN2O2/c1-17-22-13-4-2-3-5-19(23-17)9-6-18-7-10-20(11-8-18)25-16-15-24-14-12-21/h2-5,7-8,10-11,13H,12,14-16H2,1H3,(H,22,23). The predicted molar refractivity (Wildman–Crippen MR) is 95.7 cm³/mol. The molecule has 1 aromatic carbocycles. The van der Waals surface area contributed by atoms with E-state index < -0.39 is 6.67 Å². The number of aromatic nitrogens is 2. The van der Waals surface area contributed by atoms with Gasteiger partial charge in [-0.2, -0.15) is 0 Å².